The highest BCUT2D eigenvalue weighted by Gasteiger charge is 2.16. The van der Waals surface area contributed by atoms with Crippen molar-refractivity contribution in [2.75, 3.05) is 19.7 Å². The number of ether oxygens (including phenoxy) is 1. The lowest BCUT2D eigenvalue weighted by atomic mass is 10.00. The van der Waals surface area contributed by atoms with Crippen LogP contribution in [-0.2, 0) is 6.54 Å². The van der Waals surface area contributed by atoms with Gasteiger partial charge in [-0.05, 0) is 24.8 Å². The van der Waals surface area contributed by atoms with E-state index < -0.39 is 13.0 Å². The van der Waals surface area contributed by atoms with Crippen LogP contribution in [0.1, 0.15) is 25.5 Å². The van der Waals surface area contributed by atoms with Crippen molar-refractivity contribution in [3.05, 3.63) is 23.9 Å². The van der Waals surface area contributed by atoms with Gasteiger partial charge in [-0.1, -0.05) is 13.0 Å². The maximum absolute atomic E-state index is 12.1. The average molecular weight is 440 g/mol. The van der Waals surface area contributed by atoms with E-state index >= 15 is 0 Å². The molecule has 1 fully saturated rings. The minimum absolute atomic E-state index is 0. The van der Waals surface area contributed by atoms with Crippen molar-refractivity contribution < 1.29 is 13.5 Å². The second-order valence-corrected chi connectivity index (χ2v) is 5.51. The molecule has 1 aromatic heterocycles. The number of nitrogens with two attached hydrogens (primary N) is 1. The fourth-order valence-corrected chi connectivity index (χ4v) is 2.27. The lowest BCUT2D eigenvalue weighted by molar-refractivity contribution is 0.0795. The monoisotopic (exact) mass is 440 g/mol. The van der Waals surface area contributed by atoms with E-state index in [1.807, 2.05) is 0 Å². The van der Waals surface area contributed by atoms with Crippen LogP contribution in [0.25, 0.3) is 0 Å². The van der Waals surface area contributed by atoms with Crippen LogP contribution in [0.2, 0.25) is 0 Å². The van der Waals surface area contributed by atoms with Gasteiger partial charge >= 0.3 is 0 Å². The van der Waals surface area contributed by atoms with E-state index in [4.69, 9.17) is 10.5 Å². The predicted molar refractivity (Wildman–Crippen MR) is 96.4 cm³/mol. The summed E-state index contributed by atoms with van der Waals surface area (Å²) in [5, 5.41) is 0. The van der Waals surface area contributed by atoms with Gasteiger partial charge in [-0.15, -0.1) is 24.0 Å². The second kappa shape index (κ2) is 9.84. The summed E-state index contributed by atoms with van der Waals surface area (Å²) in [4.78, 5) is 10.5. The first kappa shape index (κ1) is 19.9. The van der Waals surface area contributed by atoms with Crippen LogP contribution < -0.4 is 10.5 Å². The van der Waals surface area contributed by atoms with Gasteiger partial charge in [0.2, 0.25) is 5.88 Å². The number of aliphatic imine (C=N–C) groups is 1. The van der Waals surface area contributed by atoms with E-state index in [1.165, 1.54) is 0 Å². The lowest BCUT2D eigenvalue weighted by Gasteiger charge is -2.30. The molecule has 1 aliphatic rings. The Morgan fingerprint density at radius 3 is 2.78 bits per heavy atom. The first-order valence-electron chi connectivity index (χ1n) is 7.46. The number of hydrogen-bond acceptors (Lipinski definition) is 3. The number of halogens is 3. The number of nitrogens with zero attached hydrogens (tertiary/aromatic N) is 3. The van der Waals surface area contributed by atoms with Gasteiger partial charge in [0.25, 0.3) is 6.43 Å². The zero-order chi connectivity index (χ0) is 15.9. The largest absolute Gasteiger partial charge is 0.472 e. The first-order chi connectivity index (χ1) is 10.5. The molecule has 2 rings (SSSR count). The van der Waals surface area contributed by atoms with Crippen LogP contribution in [0, 0.1) is 5.92 Å². The number of pyridine rings is 1. The summed E-state index contributed by atoms with van der Waals surface area (Å²) in [6.07, 6.45) is -0.280. The van der Waals surface area contributed by atoms with Gasteiger partial charge in [0.1, 0.15) is 0 Å². The maximum Gasteiger partial charge on any atom is 0.272 e. The molecule has 2 N–H and O–H groups in total. The van der Waals surface area contributed by atoms with E-state index in [9.17, 15) is 8.78 Å². The zero-order valence-electron chi connectivity index (χ0n) is 13.1. The van der Waals surface area contributed by atoms with Gasteiger partial charge in [-0.25, -0.2) is 18.8 Å². The highest BCUT2D eigenvalue weighted by atomic mass is 127. The van der Waals surface area contributed by atoms with E-state index in [1.54, 1.807) is 18.2 Å². The number of guanidine groups is 1. The molecule has 0 atom stereocenters. The molecule has 23 heavy (non-hydrogen) atoms. The number of alkyl halides is 2. The number of aromatic nitrogens is 1. The Labute approximate surface area is 152 Å². The standard InChI is InChI=1S/C15H22F2N4O.HI/c1-11-5-7-21(8-6-11)15(18)19-9-12-3-2-4-14(20-12)22-10-13(16)17;/h2-4,11,13H,5-10H2,1H3,(H2,18,19);1H. The molecule has 0 aromatic carbocycles. The quantitative estimate of drug-likeness (QED) is 0.435. The van der Waals surface area contributed by atoms with E-state index in [0.29, 0.717) is 18.2 Å². The molecule has 130 valence electrons. The van der Waals surface area contributed by atoms with E-state index in [-0.39, 0.29) is 29.9 Å². The molecule has 0 spiro atoms. The summed E-state index contributed by atoms with van der Waals surface area (Å²) >= 11 is 0. The molecule has 2 heterocycles. The third-order valence-corrected chi connectivity index (χ3v) is 3.65. The summed E-state index contributed by atoms with van der Waals surface area (Å²) < 4.78 is 29.1. The van der Waals surface area contributed by atoms with Crippen LogP contribution in [0.3, 0.4) is 0 Å². The fraction of sp³-hybridized carbons (Fsp3) is 0.600. The second-order valence-electron chi connectivity index (χ2n) is 5.51. The topological polar surface area (TPSA) is 63.7 Å². The highest BCUT2D eigenvalue weighted by molar-refractivity contribution is 14.0. The molecule has 0 saturated carbocycles. The molecular formula is C15H23F2IN4O. The molecule has 1 aromatic rings. The van der Waals surface area contributed by atoms with Crippen LogP contribution >= 0.6 is 24.0 Å². The number of hydrogen-bond donors (Lipinski definition) is 1. The summed E-state index contributed by atoms with van der Waals surface area (Å²) in [6.45, 7) is 3.72. The van der Waals surface area contributed by atoms with Crippen LogP contribution in [-0.4, -0.2) is 42.0 Å². The van der Waals surface area contributed by atoms with E-state index in [0.717, 1.165) is 31.8 Å². The van der Waals surface area contributed by atoms with Crippen molar-refractivity contribution in [1.82, 2.24) is 9.88 Å². The zero-order valence-corrected chi connectivity index (χ0v) is 15.5. The molecule has 1 saturated heterocycles. The smallest absolute Gasteiger partial charge is 0.272 e. The number of piperidine rings is 1. The van der Waals surface area contributed by atoms with Gasteiger partial charge in [-0.2, -0.15) is 0 Å². The minimum atomic E-state index is -2.51. The van der Waals surface area contributed by atoms with Crippen molar-refractivity contribution in [2.45, 2.75) is 32.7 Å². The van der Waals surface area contributed by atoms with Crippen LogP contribution in [0.4, 0.5) is 8.78 Å². The summed E-state index contributed by atoms with van der Waals surface area (Å²) in [7, 11) is 0. The molecular weight excluding hydrogens is 417 g/mol. The molecule has 0 radical (unpaired) electrons. The number of likely N-dealkylation sites (tertiary alicyclic amines) is 1. The maximum atomic E-state index is 12.1. The third kappa shape index (κ3) is 6.84. The Balaban J connectivity index is 0.00000264. The summed E-state index contributed by atoms with van der Waals surface area (Å²) in [6, 6.07) is 5.02. The fourth-order valence-electron chi connectivity index (χ4n) is 2.27. The van der Waals surface area contributed by atoms with Gasteiger partial charge in [0.05, 0.1) is 12.2 Å². The van der Waals surface area contributed by atoms with Crippen molar-refractivity contribution in [3.8, 4) is 5.88 Å². The Morgan fingerprint density at radius 1 is 1.43 bits per heavy atom. The van der Waals surface area contributed by atoms with Gasteiger partial charge in [0, 0.05) is 19.2 Å². The van der Waals surface area contributed by atoms with Crippen molar-refractivity contribution >= 4 is 29.9 Å². The van der Waals surface area contributed by atoms with E-state index in [2.05, 4.69) is 21.8 Å². The van der Waals surface area contributed by atoms with Crippen molar-refractivity contribution in [3.63, 3.8) is 0 Å². The Bertz CT molecular complexity index is 508. The summed E-state index contributed by atoms with van der Waals surface area (Å²) in [5.41, 5.74) is 6.63. The third-order valence-electron chi connectivity index (χ3n) is 3.65. The number of rotatable bonds is 5. The first-order valence-corrected chi connectivity index (χ1v) is 7.46. The SMILES string of the molecule is CC1CCN(C(N)=NCc2cccc(OCC(F)F)n2)CC1.I. The molecule has 5 nitrogen and oxygen atoms in total. The average Bonchev–Trinajstić information content (AvgIpc) is 2.52. The molecule has 0 bridgehead atoms. The minimum Gasteiger partial charge on any atom is -0.472 e. The molecule has 0 amide bonds. The Morgan fingerprint density at radius 2 is 2.13 bits per heavy atom. The van der Waals surface area contributed by atoms with Gasteiger partial charge < -0.3 is 15.4 Å². The molecule has 0 aliphatic carbocycles. The van der Waals surface area contributed by atoms with Crippen LogP contribution in [0.15, 0.2) is 23.2 Å². The summed E-state index contributed by atoms with van der Waals surface area (Å²) in [5.74, 6) is 1.42. The molecule has 0 unspecified atom stereocenters. The van der Waals surface area contributed by atoms with Crippen LogP contribution in [0.5, 0.6) is 5.88 Å². The highest BCUT2D eigenvalue weighted by Crippen LogP contribution is 2.16. The predicted octanol–water partition coefficient (Wildman–Crippen LogP) is 2.89. The Hall–Kier alpha value is -1.19. The lowest BCUT2D eigenvalue weighted by Crippen LogP contribution is -2.42. The van der Waals surface area contributed by atoms with Gasteiger partial charge in [-0.3, -0.25) is 0 Å². The normalized spacial score (nSPS) is 16.3. The molecule has 1 aliphatic heterocycles. The van der Waals surface area contributed by atoms with Crippen molar-refractivity contribution in [1.29, 1.82) is 0 Å². The Kier molecular flexibility index (Phi) is 8.49. The molecule has 8 heteroatoms. The van der Waals surface area contributed by atoms with Crippen molar-refractivity contribution in [2.24, 2.45) is 16.6 Å². The van der Waals surface area contributed by atoms with Gasteiger partial charge in [0.15, 0.2) is 12.6 Å².